The van der Waals surface area contributed by atoms with Crippen LogP contribution in [0.5, 0.6) is 0 Å². The van der Waals surface area contributed by atoms with Gasteiger partial charge in [0, 0.05) is 56.2 Å². The summed E-state index contributed by atoms with van der Waals surface area (Å²) in [6.07, 6.45) is 4.37. The zero-order chi connectivity index (χ0) is 26.2. The average Bonchev–Trinajstić information content (AvgIpc) is 3.28. The van der Waals surface area contributed by atoms with Crippen molar-refractivity contribution in [2.45, 2.75) is 64.5 Å². The number of aryl methyl sites for hydroxylation is 1. The molecule has 0 atom stereocenters. The van der Waals surface area contributed by atoms with Crippen molar-refractivity contribution in [1.82, 2.24) is 19.6 Å². The van der Waals surface area contributed by atoms with Crippen LogP contribution in [0, 0.1) is 13.8 Å². The van der Waals surface area contributed by atoms with Gasteiger partial charge in [-0.2, -0.15) is 5.10 Å². The predicted molar refractivity (Wildman–Crippen MR) is 141 cm³/mol. The second-order valence-corrected chi connectivity index (χ2v) is 10.9. The Morgan fingerprint density at radius 2 is 1.68 bits per heavy atom. The molecule has 0 unspecified atom stereocenters. The lowest BCUT2D eigenvalue weighted by Gasteiger charge is -2.37. The van der Waals surface area contributed by atoms with Crippen LogP contribution < -0.4 is 4.90 Å². The fraction of sp³-hybridized carbons (Fsp3) is 0.607. The van der Waals surface area contributed by atoms with Crippen molar-refractivity contribution < 1.29 is 19.8 Å². The number of anilines is 1. The van der Waals surface area contributed by atoms with Crippen LogP contribution >= 0.6 is 0 Å². The van der Waals surface area contributed by atoms with Gasteiger partial charge in [-0.3, -0.25) is 14.3 Å². The van der Waals surface area contributed by atoms with Crippen LogP contribution in [-0.4, -0.2) is 93.1 Å². The molecule has 1 aromatic heterocycles. The van der Waals surface area contributed by atoms with E-state index in [9.17, 15) is 19.8 Å². The van der Waals surface area contributed by atoms with Crippen LogP contribution in [0.1, 0.15) is 58.6 Å². The van der Waals surface area contributed by atoms with Gasteiger partial charge < -0.3 is 24.9 Å². The Bertz CT molecular complexity index is 1160. The number of aromatic nitrogens is 2. The number of amides is 2. The summed E-state index contributed by atoms with van der Waals surface area (Å²) in [5, 5.41) is 24.5. The van der Waals surface area contributed by atoms with E-state index in [0.717, 1.165) is 50.0 Å². The van der Waals surface area contributed by atoms with Gasteiger partial charge in [0.2, 0.25) is 5.91 Å². The van der Waals surface area contributed by atoms with Gasteiger partial charge in [-0.05, 0) is 69.6 Å². The summed E-state index contributed by atoms with van der Waals surface area (Å²) >= 11 is 0. The van der Waals surface area contributed by atoms with Crippen LogP contribution in [-0.2, 0) is 24.2 Å². The Hall–Kier alpha value is -2.91. The number of benzene rings is 1. The summed E-state index contributed by atoms with van der Waals surface area (Å²) in [7, 11) is 0. The summed E-state index contributed by atoms with van der Waals surface area (Å²) in [6.45, 7) is 7.86. The van der Waals surface area contributed by atoms with E-state index >= 15 is 0 Å². The molecule has 37 heavy (non-hydrogen) atoms. The summed E-state index contributed by atoms with van der Waals surface area (Å²) in [5.41, 5.74) is 5.15. The second kappa shape index (κ2) is 10.5. The highest BCUT2D eigenvalue weighted by molar-refractivity contribution is 5.94. The van der Waals surface area contributed by atoms with Crippen LogP contribution in [0.25, 0.3) is 0 Å². The SMILES string of the molecule is Cc1cccc(N2CCN(C(=O)Cn3nc(C(=O)N4CCC(O)(CO)CC4)c4c3CCCC4)CC2)c1C. The number of aliphatic hydroxyl groups is 2. The number of likely N-dealkylation sites (tertiary alicyclic amines) is 1. The van der Waals surface area contributed by atoms with Gasteiger partial charge in [0.1, 0.15) is 6.54 Å². The highest BCUT2D eigenvalue weighted by atomic mass is 16.3. The fourth-order valence-corrected chi connectivity index (χ4v) is 5.91. The summed E-state index contributed by atoms with van der Waals surface area (Å²) in [4.78, 5) is 32.7. The van der Waals surface area contributed by atoms with E-state index in [0.29, 0.717) is 44.7 Å². The Morgan fingerprint density at radius 3 is 2.38 bits per heavy atom. The molecule has 2 amide bonds. The van der Waals surface area contributed by atoms with Crippen molar-refractivity contribution in [2.24, 2.45) is 0 Å². The number of rotatable bonds is 5. The monoisotopic (exact) mass is 509 g/mol. The highest BCUT2D eigenvalue weighted by Gasteiger charge is 2.36. The van der Waals surface area contributed by atoms with Crippen LogP contribution in [0.3, 0.4) is 0 Å². The van der Waals surface area contributed by atoms with E-state index in [-0.39, 0.29) is 25.0 Å². The van der Waals surface area contributed by atoms with Gasteiger partial charge in [-0.15, -0.1) is 0 Å². The zero-order valence-electron chi connectivity index (χ0n) is 22.1. The quantitative estimate of drug-likeness (QED) is 0.636. The molecule has 9 heteroatoms. The molecule has 3 aliphatic rings. The van der Waals surface area contributed by atoms with Crippen molar-refractivity contribution in [3.8, 4) is 0 Å². The molecule has 1 aromatic carbocycles. The van der Waals surface area contributed by atoms with Crippen molar-refractivity contribution >= 4 is 17.5 Å². The van der Waals surface area contributed by atoms with Gasteiger partial charge >= 0.3 is 0 Å². The topological polar surface area (TPSA) is 102 Å². The third-order valence-electron chi connectivity index (χ3n) is 8.57. The van der Waals surface area contributed by atoms with E-state index in [2.05, 4.69) is 36.9 Å². The van der Waals surface area contributed by atoms with Gasteiger partial charge in [0.05, 0.1) is 12.2 Å². The third-order valence-corrected chi connectivity index (χ3v) is 8.57. The Morgan fingerprint density at radius 1 is 0.973 bits per heavy atom. The number of hydrogen-bond donors (Lipinski definition) is 2. The number of piperidine rings is 1. The molecule has 2 N–H and O–H groups in total. The molecule has 0 spiro atoms. The molecule has 0 bridgehead atoms. The molecule has 5 rings (SSSR count). The van der Waals surface area contributed by atoms with Crippen LogP contribution in [0.4, 0.5) is 5.69 Å². The summed E-state index contributed by atoms with van der Waals surface area (Å²) < 4.78 is 1.77. The number of hydrogen-bond acceptors (Lipinski definition) is 6. The minimum absolute atomic E-state index is 0.0430. The maximum atomic E-state index is 13.4. The van der Waals surface area contributed by atoms with E-state index < -0.39 is 5.60 Å². The first-order valence-corrected chi connectivity index (χ1v) is 13.6. The molecule has 0 saturated carbocycles. The smallest absolute Gasteiger partial charge is 0.274 e. The molecule has 3 heterocycles. The maximum Gasteiger partial charge on any atom is 0.274 e. The molecule has 2 aliphatic heterocycles. The number of carbonyl (C=O) groups is 2. The molecular formula is C28H39N5O4. The number of nitrogens with zero attached hydrogens (tertiary/aromatic N) is 5. The van der Waals surface area contributed by atoms with Gasteiger partial charge in [0.25, 0.3) is 5.91 Å². The zero-order valence-corrected chi connectivity index (χ0v) is 22.1. The Kier molecular flexibility index (Phi) is 7.27. The fourth-order valence-electron chi connectivity index (χ4n) is 5.91. The lowest BCUT2D eigenvalue weighted by Crippen LogP contribution is -2.50. The lowest BCUT2D eigenvalue weighted by atomic mass is 9.91. The minimum atomic E-state index is -1.11. The predicted octanol–water partition coefficient (Wildman–Crippen LogP) is 1.69. The van der Waals surface area contributed by atoms with E-state index in [4.69, 9.17) is 5.10 Å². The number of carbonyl (C=O) groups excluding carboxylic acids is 2. The van der Waals surface area contributed by atoms with Crippen molar-refractivity contribution in [1.29, 1.82) is 0 Å². The largest absolute Gasteiger partial charge is 0.393 e. The number of piperazine rings is 1. The first-order valence-electron chi connectivity index (χ1n) is 13.6. The minimum Gasteiger partial charge on any atom is -0.393 e. The normalized spacial score (nSPS) is 19.6. The van der Waals surface area contributed by atoms with Crippen molar-refractivity contribution in [3.63, 3.8) is 0 Å². The molecule has 0 radical (unpaired) electrons. The molecule has 9 nitrogen and oxygen atoms in total. The van der Waals surface area contributed by atoms with Crippen LogP contribution in [0.2, 0.25) is 0 Å². The first-order chi connectivity index (χ1) is 17.8. The standard InChI is InChI=1S/C28H39N5O4/c1-20-6-5-9-23(21(20)2)30-14-16-31(17-15-30)25(35)18-33-24-8-4-3-7-22(24)26(29-33)27(36)32-12-10-28(37,19-34)11-13-32/h5-6,9,34,37H,3-4,7-8,10-19H2,1-2H3. The molecule has 1 aliphatic carbocycles. The molecule has 2 aromatic rings. The highest BCUT2D eigenvalue weighted by Crippen LogP contribution is 2.29. The van der Waals surface area contributed by atoms with Gasteiger partial charge in [-0.1, -0.05) is 12.1 Å². The number of fused-ring (bicyclic) bond motifs is 1. The Labute approximate surface area is 218 Å². The van der Waals surface area contributed by atoms with E-state index in [1.54, 1.807) is 9.58 Å². The van der Waals surface area contributed by atoms with Crippen molar-refractivity contribution in [2.75, 3.05) is 50.8 Å². The summed E-state index contributed by atoms with van der Waals surface area (Å²) in [5.74, 6) is -0.0899. The molecule has 2 fully saturated rings. The van der Waals surface area contributed by atoms with E-state index in [1.165, 1.54) is 16.8 Å². The van der Waals surface area contributed by atoms with Gasteiger partial charge in [-0.25, -0.2) is 0 Å². The second-order valence-electron chi connectivity index (χ2n) is 10.9. The van der Waals surface area contributed by atoms with Crippen molar-refractivity contribution in [3.05, 3.63) is 46.3 Å². The lowest BCUT2D eigenvalue weighted by molar-refractivity contribution is -0.132. The van der Waals surface area contributed by atoms with Gasteiger partial charge in [0.15, 0.2) is 5.69 Å². The summed E-state index contributed by atoms with van der Waals surface area (Å²) in [6, 6.07) is 6.37. The first kappa shape index (κ1) is 25.7. The average molecular weight is 510 g/mol. The number of aliphatic hydroxyl groups excluding tert-OH is 1. The Balaban J connectivity index is 1.26. The maximum absolute atomic E-state index is 13.4. The third kappa shape index (κ3) is 5.11. The molecular weight excluding hydrogens is 470 g/mol. The molecule has 2 saturated heterocycles. The van der Waals surface area contributed by atoms with E-state index in [1.807, 2.05) is 4.90 Å². The molecule has 200 valence electrons. The van der Waals surface area contributed by atoms with Crippen LogP contribution in [0.15, 0.2) is 18.2 Å².